The Balaban J connectivity index is 1.61. The van der Waals surface area contributed by atoms with Gasteiger partial charge in [0, 0.05) is 28.8 Å². The topological polar surface area (TPSA) is 108 Å². The van der Waals surface area contributed by atoms with Gasteiger partial charge in [-0.15, -0.1) is 0 Å². The maximum absolute atomic E-state index is 13.2. The lowest BCUT2D eigenvalue weighted by Gasteiger charge is -2.21. The molecule has 0 spiro atoms. The van der Waals surface area contributed by atoms with Crippen molar-refractivity contribution in [2.45, 2.75) is 6.42 Å². The summed E-state index contributed by atoms with van der Waals surface area (Å²) in [5.41, 5.74) is 1.46. The zero-order chi connectivity index (χ0) is 22.7. The molecule has 4 rings (SSSR count). The van der Waals surface area contributed by atoms with E-state index in [0.717, 1.165) is 0 Å². The van der Waals surface area contributed by atoms with Gasteiger partial charge in [-0.3, -0.25) is 19.7 Å². The van der Waals surface area contributed by atoms with Crippen LogP contribution in [-0.4, -0.2) is 29.8 Å². The van der Waals surface area contributed by atoms with Gasteiger partial charge in [-0.25, -0.2) is 0 Å². The molecule has 0 aliphatic carbocycles. The number of fused-ring (bicyclic) bond motifs is 1. The highest BCUT2D eigenvalue weighted by atomic mass is 35.5. The minimum atomic E-state index is -0.506. The fourth-order valence-electron chi connectivity index (χ4n) is 3.25. The number of ether oxygens (including phenoxy) is 2. The number of rotatable bonds is 6. The number of hydrogen-bond donors (Lipinski definition) is 1. The van der Waals surface area contributed by atoms with Crippen molar-refractivity contribution in [2.75, 3.05) is 18.5 Å². The van der Waals surface area contributed by atoms with E-state index in [1.807, 2.05) is 0 Å². The van der Waals surface area contributed by atoms with Crippen LogP contribution < -0.4 is 14.8 Å². The van der Waals surface area contributed by atoms with Gasteiger partial charge in [0.15, 0.2) is 17.3 Å². The number of amides is 1. The van der Waals surface area contributed by atoms with Crippen LogP contribution in [0, 0.1) is 10.1 Å². The fourth-order valence-corrected chi connectivity index (χ4v) is 3.38. The van der Waals surface area contributed by atoms with Gasteiger partial charge in [0.05, 0.1) is 22.6 Å². The zero-order valence-electron chi connectivity index (χ0n) is 16.7. The second kappa shape index (κ2) is 9.07. The van der Waals surface area contributed by atoms with Crippen LogP contribution >= 0.6 is 11.6 Å². The van der Waals surface area contributed by atoms with Gasteiger partial charge in [-0.2, -0.15) is 0 Å². The molecule has 8 nitrogen and oxygen atoms in total. The van der Waals surface area contributed by atoms with E-state index in [1.165, 1.54) is 24.3 Å². The van der Waals surface area contributed by atoms with Crippen molar-refractivity contribution in [3.63, 3.8) is 0 Å². The van der Waals surface area contributed by atoms with Gasteiger partial charge in [0.25, 0.3) is 5.69 Å². The molecule has 0 saturated carbocycles. The molecule has 3 aromatic carbocycles. The number of anilines is 1. The van der Waals surface area contributed by atoms with Crippen molar-refractivity contribution in [2.24, 2.45) is 0 Å². The average Bonchev–Trinajstić information content (AvgIpc) is 2.79. The van der Waals surface area contributed by atoms with Crippen LogP contribution in [0.1, 0.15) is 21.5 Å². The summed E-state index contributed by atoms with van der Waals surface area (Å²) in [5, 5.41) is 14.0. The van der Waals surface area contributed by atoms with Crippen LogP contribution in [0.25, 0.3) is 0 Å². The quantitative estimate of drug-likeness (QED) is 0.336. The zero-order valence-corrected chi connectivity index (χ0v) is 17.4. The van der Waals surface area contributed by atoms with Crippen LogP contribution in [-0.2, 0) is 11.2 Å². The highest BCUT2D eigenvalue weighted by Gasteiger charge is 2.22. The van der Waals surface area contributed by atoms with Gasteiger partial charge in [-0.1, -0.05) is 23.7 Å². The molecular weight excluding hydrogens is 436 g/mol. The van der Waals surface area contributed by atoms with Crippen molar-refractivity contribution < 1.29 is 24.0 Å². The molecule has 0 fully saturated rings. The van der Waals surface area contributed by atoms with Crippen LogP contribution in [0.5, 0.6) is 11.5 Å². The van der Waals surface area contributed by atoms with Gasteiger partial charge >= 0.3 is 0 Å². The van der Waals surface area contributed by atoms with Crippen LogP contribution in [0.15, 0.2) is 60.7 Å². The smallest absolute Gasteiger partial charge is 0.269 e. The Hall–Kier alpha value is -3.91. The third-order valence-corrected chi connectivity index (χ3v) is 5.07. The minimum Gasteiger partial charge on any atom is -0.486 e. The number of nitro groups is 1. The number of halogens is 1. The van der Waals surface area contributed by atoms with Crippen molar-refractivity contribution in [1.29, 1.82) is 0 Å². The van der Waals surface area contributed by atoms with E-state index in [0.29, 0.717) is 40.9 Å². The first-order valence-corrected chi connectivity index (χ1v) is 10.1. The van der Waals surface area contributed by atoms with Crippen molar-refractivity contribution >= 4 is 34.7 Å². The lowest BCUT2D eigenvalue weighted by atomic mass is 10.0. The molecule has 0 atom stereocenters. The summed E-state index contributed by atoms with van der Waals surface area (Å²) in [5.74, 6) is 0.140. The van der Waals surface area contributed by atoms with Crippen LogP contribution in [0.2, 0.25) is 5.02 Å². The van der Waals surface area contributed by atoms with Crippen molar-refractivity contribution in [3.05, 3.63) is 92.5 Å². The lowest BCUT2D eigenvalue weighted by molar-refractivity contribution is -0.384. The Morgan fingerprint density at radius 1 is 0.969 bits per heavy atom. The number of benzene rings is 3. The monoisotopic (exact) mass is 452 g/mol. The van der Waals surface area contributed by atoms with E-state index in [4.69, 9.17) is 21.1 Å². The largest absolute Gasteiger partial charge is 0.486 e. The maximum Gasteiger partial charge on any atom is 0.269 e. The molecule has 162 valence electrons. The van der Waals surface area contributed by atoms with Gasteiger partial charge in [0.2, 0.25) is 5.91 Å². The summed E-state index contributed by atoms with van der Waals surface area (Å²) < 4.78 is 11.2. The summed E-state index contributed by atoms with van der Waals surface area (Å²) in [4.78, 5) is 36.1. The number of carbonyl (C=O) groups excluding carboxylic acids is 2. The maximum atomic E-state index is 13.2. The van der Waals surface area contributed by atoms with E-state index < -0.39 is 4.92 Å². The summed E-state index contributed by atoms with van der Waals surface area (Å²) in [6, 6.07) is 15.2. The van der Waals surface area contributed by atoms with Crippen LogP contribution in [0.3, 0.4) is 0 Å². The second-order valence-electron chi connectivity index (χ2n) is 7.03. The Morgan fingerprint density at radius 2 is 1.59 bits per heavy atom. The molecule has 0 saturated heterocycles. The van der Waals surface area contributed by atoms with Gasteiger partial charge in [0.1, 0.15) is 13.2 Å². The van der Waals surface area contributed by atoms with Gasteiger partial charge < -0.3 is 14.8 Å². The summed E-state index contributed by atoms with van der Waals surface area (Å²) >= 11 is 5.92. The molecule has 1 aliphatic rings. The van der Waals surface area contributed by atoms with E-state index in [-0.39, 0.29) is 35.0 Å². The minimum absolute atomic E-state index is 0.0268. The molecule has 0 bridgehead atoms. The van der Waals surface area contributed by atoms with E-state index in [2.05, 4.69) is 5.32 Å². The third kappa shape index (κ3) is 4.70. The standard InChI is InChI=1S/C23H17ClN2O6/c24-16-5-3-15(4-6-16)23(28)18-12-20-21(32-10-9-31-20)13-19(18)25-22(27)11-14-1-7-17(8-2-14)26(29)30/h1-8,12-13H,9-11H2,(H,25,27). The first-order chi connectivity index (χ1) is 15.4. The summed E-state index contributed by atoms with van der Waals surface area (Å²) in [6.45, 7) is 0.709. The number of nitrogens with zero attached hydrogens (tertiary/aromatic N) is 1. The number of nitrogens with one attached hydrogen (secondary N) is 1. The molecule has 0 radical (unpaired) electrons. The fraction of sp³-hybridized carbons (Fsp3) is 0.130. The Labute approximate surface area is 187 Å². The molecule has 9 heteroatoms. The second-order valence-corrected chi connectivity index (χ2v) is 7.46. The first-order valence-electron chi connectivity index (χ1n) is 9.68. The Morgan fingerprint density at radius 3 is 2.22 bits per heavy atom. The number of ketones is 1. The van der Waals surface area contributed by atoms with E-state index in [1.54, 1.807) is 36.4 Å². The van der Waals surface area contributed by atoms with Crippen molar-refractivity contribution in [3.8, 4) is 11.5 Å². The summed E-state index contributed by atoms with van der Waals surface area (Å²) in [7, 11) is 0. The van der Waals surface area contributed by atoms with Crippen molar-refractivity contribution in [1.82, 2.24) is 0 Å². The van der Waals surface area contributed by atoms with E-state index >= 15 is 0 Å². The molecule has 1 heterocycles. The molecule has 0 unspecified atom stereocenters. The van der Waals surface area contributed by atoms with Crippen LogP contribution in [0.4, 0.5) is 11.4 Å². The normalized spacial score (nSPS) is 12.2. The molecule has 3 aromatic rings. The average molecular weight is 453 g/mol. The molecule has 1 amide bonds. The first kappa shape index (κ1) is 21.3. The molecule has 1 aliphatic heterocycles. The predicted molar refractivity (Wildman–Crippen MR) is 118 cm³/mol. The highest BCUT2D eigenvalue weighted by Crippen LogP contribution is 2.36. The number of nitro benzene ring substituents is 1. The molecule has 0 aromatic heterocycles. The molecule has 32 heavy (non-hydrogen) atoms. The Bertz CT molecular complexity index is 1190. The summed E-state index contributed by atoms with van der Waals surface area (Å²) in [6.07, 6.45) is -0.0268. The number of hydrogen-bond acceptors (Lipinski definition) is 6. The predicted octanol–water partition coefficient (Wildman–Crippen LogP) is 4.43. The van der Waals surface area contributed by atoms with Gasteiger partial charge in [-0.05, 0) is 35.9 Å². The lowest BCUT2D eigenvalue weighted by Crippen LogP contribution is -2.20. The Kier molecular flexibility index (Phi) is 6.04. The highest BCUT2D eigenvalue weighted by molar-refractivity contribution is 6.30. The third-order valence-electron chi connectivity index (χ3n) is 4.82. The number of non-ortho nitro benzene ring substituents is 1. The van der Waals surface area contributed by atoms with E-state index in [9.17, 15) is 19.7 Å². The molecule has 1 N–H and O–H groups in total. The number of carbonyl (C=O) groups is 2. The molecular formula is C23H17ClN2O6. The SMILES string of the molecule is O=C(Cc1ccc([N+](=O)[O-])cc1)Nc1cc2c(cc1C(=O)c1ccc(Cl)cc1)OCCO2.